The van der Waals surface area contributed by atoms with Crippen LogP contribution in [-0.4, -0.2) is 60.8 Å². The minimum Gasteiger partial charge on any atom is -0.494 e. The molecule has 1 N–H and O–H groups in total. The van der Waals surface area contributed by atoms with E-state index in [9.17, 15) is 4.79 Å². The van der Waals surface area contributed by atoms with Gasteiger partial charge in [-0.1, -0.05) is 12.1 Å². The fourth-order valence-corrected chi connectivity index (χ4v) is 7.16. The van der Waals surface area contributed by atoms with Gasteiger partial charge in [0.25, 0.3) is 5.91 Å². The number of carbonyl (C=O) groups is 1. The van der Waals surface area contributed by atoms with Crippen molar-refractivity contribution in [3.63, 3.8) is 0 Å². The average molecular weight is 548 g/mol. The first-order valence-corrected chi connectivity index (χ1v) is 15.2. The summed E-state index contributed by atoms with van der Waals surface area (Å²) in [5, 5.41) is 4.51. The smallest absolute Gasteiger partial charge is 0.252 e. The standard InChI is InChI=1S/C32H33N5O2Si/c1-20-5-7-23(39-31(40)28-9-14-36(28)2)18-25(20)30(38)35-32(10-11-32)26-16-22(17-27-24(26)4-3-12-33-27)21-6-8-29-34-13-15-37(29)19-21/h3-8,12-13,15-19,28,31H,9-11,14H2,1-2,40H3,(H,35,38)/t28-,31?/m0/s1. The van der Waals surface area contributed by atoms with Gasteiger partial charge in [0.05, 0.1) is 27.0 Å². The Morgan fingerprint density at radius 1 is 1.10 bits per heavy atom. The van der Waals surface area contributed by atoms with Crippen molar-refractivity contribution >= 4 is 32.7 Å². The van der Waals surface area contributed by atoms with Gasteiger partial charge in [0.2, 0.25) is 0 Å². The van der Waals surface area contributed by atoms with E-state index in [-0.39, 0.29) is 11.6 Å². The molecular weight excluding hydrogens is 514 g/mol. The highest BCUT2D eigenvalue weighted by molar-refractivity contribution is 6.11. The molecule has 7 rings (SSSR count). The number of aromatic nitrogens is 3. The number of carbonyl (C=O) groups excluding carboxylic acids is 1. The third-order valence-electron chi connectivity index (χ3n) is 8.72. The highest BCUT2D eigenvalue weighted by Gasteiger charge is 2.47. The molecule has 4 heterocycles. The zero-order valence-corrected chi connectivity index (χ0v) is 25.1. The molecule has 1 aliphatic heterocycles. The number of imidazole rings is 1. The molecule has 1 saturated heterocycles. The second-order valence-electron chi connectivity index (χ2n) is 11.4. The summed E-state index contributed by atoms with van der Waals surface area (Å²) < 4.78 is 8.36. The highest BCUT2D eigenvalue weighted by atomic mass is 28.1. The van der Waals surface area contributed by atoms with Gasteiger partial charge in [0, 0.05) is 41.8 Å². The maximum Gasteiger partial charge on any atom is 0.252 e. The van der Waals surface area contributed by atoms with Crippen LogP contribution >= 0.6 is 0 Å². The maximum atomic E-state index is 13.8. The maximum absolute atomic E-state index is 13.8. The molecule has 1 amide bonds. The van der Waals surface area contributed by atoms with Crippen LogP contribution in [0.3, 0.4) is 0 Å². The lowest BCUT2D eigenvalue weighted by molar-refractivity contribution is 0.0562. The number of nitrogens with zero attached hydrogens (tertiary/aromatic N) is 4. The van der Waals surface area contributed by atoms with Gasteiger partial charge in [-0.2, -0.15) is 0 Å². The topological polar surface area (TPSA) is 71.8 Å². The number of benzene rings is 2. The number of hydrogen-bond donors (Lipinski definition) is 1. The number of pyridine rings is 2. The van der Waals surface area contributed by atoms with E-state index in [1.165, 1.54) is 6.42 Å². The number of hydrogen-bond acceptors (Lipinski definition) is 5. The third kappa shape index (κ3) is 4.37. The van der Waals surface area contributed by atoms with E-state index in [0.717, 1.165) is 74.2 Å². The number of amides is 1. The summed E-state index contributed by atoms with van der Waals surface area (Å²) in [4.78, 5) is 25.2. The number of nitrogens with one attached hydrogen (secondary N) is 1. The summed E-state index contributed by atoms with van der Waals surface area (Å²) in [5.74, 6) is 0.709. The third-order valence-corrected chi connectivity index (χ3v) is 9.73. The number of fused-ring (bicyclic) bond motifs is 2. The van der Waals surface area contributed by atoms with Crippen LogP contribution in [0.5, 0.6) is 5.75 Å². The zero-order valence-electron chi connectivity index (χ0n) is 23.1. The molecule has 1 unspecified atom stereocenters. The first-order valence-electron chi connectivity index (χ1n) is 14.0. The van der Waals surface area contributed by atoms with Crippen molar-refractivity contribution < 1.29 is 9.53 Å². The zero-order chi connectivity index (χ0) is 27.4. The van der Waals surface area contributed by atoms with Gasteiger partial charge in [0.15, 0.2) is 0 Å². The van der Waals surface area contributed by atoms with Crippen molar-refractivity contribution in [3.8, 4) is 16.9 Å². The summed E-state index contributed by atoms with van der Waals surface area (Å²) in [6.45, 7) is 3.11. The average Bonchev–Trinajstić information content (AvgIpc) is 3.57. The van der Waals surface area contributed by atoms with Crippen LogP contribution in [0.25, 0.3) is 27.7 Å². The normalized spacial score (nSPS) is 18.9. The van der Waals surface area contributed by atoms with Crippen molar-refractivity contribution in [2.75, 3.05) is 13.6 Å². The van der Waals surface area contributed by atoms with Crippen LogP contribution in [0.4, 0.5) is 0 Å². The molecule has 2 aliphatic rings. The van der Waals surface area contributed by atoms with E-state index in [4.69, 9.17) is 9.72 Å². The Morgan fingerprint density at radius 3 is 2.75 bits per heavy atom. The SMILES string of the molecule is Cc1ccc(OC([SiH3])[C@@H]2CCN2C)cc1C(=O)NC1(c2cc(-c3ccc4nccn4c3)cc3ncccc23)CC1. The van der Waals surface area contributed by atoms with E-state index in [2.05, 4.69) is 52.7 Å². The van der Waals surface area contributed by atoms with E-state index in [1.807, 2.05) is 54.0 Å². The number of likely N-dealkylation sites (N-methyl/N-ethyl adjacent to an activating group) is 1. The molecule has 202 valence electrons. The number of aryl methyl sites for hydroxylation is 1. The van der Waals surface area contributed by atoms with Gasteiger partial charge < -0.3 is 19.4 Å². The lowest BCUT2D eigenvalue weighted by Gasteiger charge is -2.41. The van der Waals surface area contributed by atoms with Crippen molar-refractivity contribution in [1.29, 1.82) is 0 Å². The Bertz CT molecular complexity index is 1760. The molecule has 5 aromatic rings. The fraction of sp³-hybridized carbons (Fsp3) is 0.281. The van der Waals surface area contributed by atoms with E-state index in [1.54, 1.807) is 6.20 Å². The molecule has 8 heteroatoms. The molecule has 0 radical (unpaired) electrons. The summed E-state index contributed by atoms with van der Waals surface area (Å²) in [6, 6.07) is 18.9. The number of likely N-dealkylation sites (tertiary alicyclic amines) is 1. The molecule has 2 atom stereocenters. The van der Waals surface area contributed by atoms with Gasteiger partial charge in [-0.25, -0.2) is 4.98 Å². The second-order valence-corrected chi connectivity index (χ2v) is 12.5. The predicted octanol–water partition coefficient (Wildman–Crippen LogP) is 4.05. The minimum atomic E-state index is -0.425. The molecule has 2 fully saturated rings. The van der Waals surface area contributed by atoms with Gasteiger partial charge in [0.1, 0.15) is 11.4 Å². The number of rotatable bonds is 7. The van der Waals surface area contributed by atoms with Gasteiger partial charge >= 0.3 is 0 Å². The Labute approximate surface area is 236 Å². The molecule has 3 aromatic heterocycles. The van der Waals surface area contributed by atoms with E-state index in [0.29, 0.717) is 11.6 Å². The number of ether oxygens (including phenoxy) is 1. The van der Waals surface area contributed by atoms with Crippen LogP contribution in [0.15, 0.2) is 79.4 Å². The predicted molar refractivity (Wildman–Crippen MR) is 161 cm³/mol. The van der Waals surface area contributed by atoms with Crippen LogP contribution in [0.1, 0.15) is 40.7 Å². The summed E-state index contributed by atoms with van der Waals surface area (Å²) in [6.07, 6.45) is 10.6. The van der Waals surface area contributed by atoms with Crippen LogP contribution < -0.4 is 10.1 Å². The Morgan fingerprint density at radius 2 is 1.98 bits per heavy atom. The molecule has 7 nitrogen and oxygen atoms in total. The Balaban J connectivity index is 1.21. The van der Waals surface area contributed by atoms with Crippen LogP contribution in [0, 0.1) is 6.92 Å². The van der Waals surface area contributed by atoms with Crippen LogP contribution in [-0.2, 0) is 5.54 Å². The van der Waals surface area contributed by atoms with E-state index >= 15 is 0 Å². The minimum absolute atomic E-state index is 0.0617. The van der Waals surface area contributed by atoms with Gasteiger partial charge in [-0.3, -0.25) is 9.78 Å². The van der Waals surface area contributed by atoms with Crippen LogP contribution in [0.2, 0.25) is 0 Å². The van der Waals surface area contributed by atoms with E-state index < -0.39 is 5.54 Å². The van der Waals surface area contributed by atoms with Crippen molar-refractivity contribution in [2.24, 2.45) is 0 Å². The first kappa shape index (κ1) is 25.0. The summed E-state index contributed by atoms with van der Waals surface area (Å²) in [7, 11) is 3.09. The molecular formula is C32H33N5O2Si. The highest BCUT2D eigenvalue weighted by Crippen LogP contribution is 2.49. The molecule has 40 heavy (non-hydrogen) atoms. The monoisotopic (exact) mass is 547 g/mol. The van der Waals surface area contributed by atoms with Crippen molar-refractivity contribution in [3.05, 3.63) is 96.1 Å². The first-order chi connectivity index (χ1) is 19.4. The molecule has 0 bridgehead atoms. The fourth-order valence-electron chi connectivity index (χ4n) is 6.05. The Hall–Kier alpha value is -4.01. The largest absolute Gasteiger partial charge is 0.494 e. The lowest BCUT2D eigenvalue weighted by Crippen LogP contribution is -2.53. The van der Waals surface area contributed by atoms with Crippen molar-refractivity contribution in [2.45, 2.75) is 43.5 Å². The van der Waals surface area contributed by atoms with Crippen molar-refractivity contribution in [1.82, 2.24) is 24.6 Å². The molecule has 2 aromatic carbocycles. The molecule has 1 aliphatic carbocycles. The second kappa shape index (κ2) is 9.57. The van der Waals surface area contributed by atoms with Gasteiger partial charge in [-0.15, -0.1) is 0 Å². The molecule has 0 spiro atoms. The quantitative estimate of drug-likeness (QED) is 0.311. The Kier molecular flexibility index (Phi) is 5.98. The summed E-state index contributed by atoms with van der Waals surface area (Å²) >= 11 is 0. The summed E-state index contributed by atoms with van der Waals surface area (Å²) in [5.41, 5.74) is 6.49. The lowest BCUT2D eigenvalue weighted by atomic mass is 9.93. The van der Waals surface area contributed by atoms with Gasteiger partial charge in [-0.05, 0) is 104 Å². The molecule has 1 saturated carbocycles.